The van der Waals surface area contributed by atoms with Gasteiger partial charge in [-0.1, -0.05) is 13.8 Å². The summed E-state index contributed by atoms with van der Waals surface area (Å²) in [7, 11) is 3.68. The highest BCUT2D eigenvalue weighted by atomic mass is 15.1. The van der Waals surface area contributed by atoms with Gasteiger partial charge in [0.15, 0.2) is 11.5 Å². The molecule has 80 valence electrons. The first-order chi connectivity index (χ1) is 7.24. The quantitative estimate of drug-likeness (QED) is 0.543. The van der Waals surface area contributed by atoms with Crippen molar-refractivity contribution in [2.45, 2.75) is 13.8 Å². The summed E-state index contributed by atoms with van der Waals surface area (Å²) in [5.41, 5.74) is 0.237. The molecule has 15 heavy (non-hydrogen) atoms. The van der Waals surface area contributed by atoms with Crippen molar-refractivity contribution in [3.8, 4) is 6.07 Å². The molecule has 0 bridgehead atoms. The highest BCUT2D eigenvalue weighted by Gasteiger charge is 1.99. The third-order valence-electron chi connectivity index (χ3n) is 1.20. The van der Waals surface area contributed by atoms with Crippen LogP contribution < -0.4 is 0 Å². The van der Waals surface area contributed by atoms with Crippen LogP contribution in [0.2, 0.25) is 0 Å². The van der Waals surface area contributed by atoms with Gasteiger partial charge in [-0.05, 0) is 0 Å². The summed E-state index contributed by atoms with van der Waals surface area (Å²) in [4.78, 5) is 13.5. The van der Waals surface area contributed by atoms with Crippen LogP contribution in [0.3, 0.4) is 0 Å². The van der Waals surface area contributed by atoms with Crippen LogP contribution in [0, 0.1) is 11.3 Å². The number of nitriles is 1. The van der Waals surface area contributed by atoms with E-state index in [1.165, 1.54) is 12.4 Å². The Kier molecular flexibility index (Phi) is 6.47. The summed E-state index contributed by atoms with van der Waals surface area (Å²) >= 11 is 0. The molecule has 5 heteroatoms. The second-order valence-electron chi connectivity index (χ2n) is 2.55. The Balaban J connectivity index is 0.000000921. The Morgan fingerprint density at radius 3 is 2.47 bits per heavy atom. The van der Waals surface area contributed by atoms with Gasteiger partial charge in [0.25, 0.3) is 0 Å². The third kappa shape index (κ3) is 4.72. The predicted molar refractivity (Wildman–Crippen MR) is 59.9 cm³/mol. The predicted octanol–water partition coefficient (Wildman–Crippen LogP) is 1.60. The van der Waals surface area contributed by atoms with Crippen molar-refractivity contribution >= 4 is 12.2 Å². The number of hydrogen-bond acceptors (Lipinski definition) is 4. The van der Waals surface area contributed by atoms with E-state index in [0.29, 0.717) is 5.82 Å². The van der Waals surface area contributed by atoms with Gasteiger partial charge in [0.2, 0.25) is 0 Å². The summed E-state index contributed by atoms with van der Waals surface area (Å²) < 4.78 is 0. The molecule has 0 unspecified atom stereocenters. The maximum absolute atomic E-state index is 8.64. The summed E-state index contributed by atoms with van der Waals surface area (Å²) in [6.07, 6.45) is 4.54. The van der Waals surface area contributed by atoms with E-state index in [2.05, 4.69) is 15.0 Å². The first kappa shape index (κ1) is 13.0. The highest BCUT2D eigenvalue weighted by Crippen LogP contribution is 2.09. The molecule has 0 saturated carbocycles. The van der Waals surface area contributed by atoms with Crippen LogP contribution in [-0.4, -0.2) is 35.3 Å². The van der Waals surface area contributed by atoms with Crippen molar-refractivity contribution in [1.29, 1.82) is 5.26 Å². The highest BCUT2D eigenvalue weighted by molar-refractivity contribution is 5.60. The second-order valence-corrected chi connectivity index (χ2v) is 2.55. The largest absolute Gasteiger partial charge is 0.369 e. The molecule has 0 radical (unpaired) electrons. The van der Waals surface area contributed by atoms with Crippen molar-refractivity contribution < 1.29 is 0 Å². The molecule has 0 amide bonds. The van der Waals surface area contributed by atoms with Crippen molar-refractivity contribution in [3.63, 3.8) is 0 Å². The Labute approximate surface area is 90.1 Å². The van der Waals surface area contributed by atoms with Crippen molar-refractivity contribution in [2.24, 2.45) is 4.99 Å². The molecule has 5 nitrogen and oxygen atoms in total. The van der Waals surface area contributed by atoms with Crippen LogP contribution in [0.1, 0.15) is 19.5 Å². The second kappa shape index (κ2) is 7.44. The zero-order valence-electron chi connectivity index (χ0n) is 9.47. The number of rotatable bonds is 2. The van der Waals surface area contributed by atoms with Gasteiger partial charge < -0.3 is 4.90 Å². The lowest BCUT2D eigenvalue weighted by molar-refractivity contribution is 0.643. The monoisotopic (exact) mass is 205 g/mol. The van der Waals surface area contributed by atoms with E-state index < -0.39 is 0 Å². The molecular formula is C10H15N5. The lowest BCUT2D eigenvalue weighted by Crippen LogP contribution is -2.07. The standard InChI is InChI=1S/C8H9N5.C2H6/c1-13(2)6-12-8-7(5-9)10-3-4-11-8;1-2/h3-4,6H,1-2H3;1-2H3. The maximum Gasteiger partial charge on any atom is 0.190 e. The summed E-state index contributed by atoms with van der Waals surface area (Å²) in [6, 6.07) is 1.91. The number of aromatic nitrogens is 2. The minimum absolute atomic E-state index is 0.237. The van der Waals surface area contributed by atoms with Crippen LogP contribution in [0.15, 0.2) is 17.4 Å². The molecular weight excluding hydrogens is 190 g/mol. The molecule has 0 atom stereocenters. The minimum atomic E-state index is 0.237. The van der Waals surface area contributed by atoms with Crippen molar-refractivity contribution in [3.05, 3.63) is 18.1 Å². The van der Waals surface area contributed by atoms with Crippen LogP contribution in [-0.2, 0) is 0 Å². The van der Waals surface area contributed by atoms with Gasteiger partial charge >= 0.3 is 0 Å². The molecule has 0 spiro atoms. The van der Waals surface area contributed by atoms with Crippen LogP contribution in [0.25, 0.3) is 0 Å². The summed E-state index contributed by atoms with van der Waals surface area (Å²) in [6.45, 7) is 4.00. The maximum atomic E-state index is 8.64. The van der Waals surface area contributed by atoms with E-state index in [0.717, 1.165) is 0 Å². The van der Waals surface area contributed by atoms with E-state index in [1.807, 2.05) is 34.0 Å². The molecule has 0 N–H and O–H groups in total. The molecule has 1 aromatic heterocycles. The van der Waals surface area contributed by atoms with Crippen molar-refractivity contribution in [2.75, 3.05) is 14.1 Å². The average Bonchev–Trinajstić information content (AvgIpc) is 2.29. The Morgan fingerprint density at radius 1 is 1.33 bits per heavy atom. The third-order valence-corrected chi connectivity index (χ3v) is 1.20. The molecule has 1 aromatic rings. The molecule has 1 rings (SSSR count). The van der Waals surface area contributed by atoms with E-state index in [4.69, 9.17) is 5.26 Å². The fraction of sp³-hybridized carbons (Fsp3) is 0.400. The number of hydrogen-bond donors (Lipinski definition) is 0. The van der Waals surface area contributed by atoms with E-state index in [1.54, 1.807) is 11.2 Å². The van der Waals surface area contributed by atoms with Gasteiger partial charge in [0, 0.05) is 26.5 Å². The topological polar surface area (TPSA) is 65.2 Å². The van der Waals surface area contributed by atoms with Crippen LogP contribution in [0.4, 0.5) is 5.82 Å². The summed E-state index contributed by atoms with van der Waals surface area (Å²) in [5, 5.41) is 8.64. The molecule has 0 aromatic carbocycles. The zero-order chi connectivity index (χ0) is 11.7. The van der Waals surface area contributed by atoms with Gasteiger partial charge in [-0.3, -0.25) is 0 Å². The minimum Gasteiger partial charge on any atom is -0.369 e. The lowest BCUT2D eigenvalue weighted by atomic mass is 10.4. The number of nitrogens with zero attached hydrogens (tertiary/aromatic N) is 5. The average molecular weight is 205 g/mol. The Morgan fingerprint density at radius 2 is 1.93 bits per heavy atom. The smallest absolute Gasteiger partial charge is 0.190 e. The van der Waals surface area contributed by atoms with Gasteiger partial charge in [-0.15, -0.1) is 0 Å². The molecule has 0 fully saturated rings. The van der Waals surface area contributed by atoms with E-state index >= 15 is 0 Å². The Bertz CT molecular complexity index is 351. The lowest BCUT2D eigenvalue weighted by Gasteiger charge is -2.01. The number of aliphatic imine (C=N–C) groups is 1. The molecule has 0 aliphatic rings. The molecule has 0 aliphatic carbocycles. The van der Waals surface area contributed by atoms with Gasteiger partial charge in [0.1, 0.15) is 6.07 Å². The van der Waals surface area contributed by atoms with Crippen LogP contribution >= 0.6 is 0 Å². The fourth-order valence-corrected chi connectivity index (χ4v) is 0.674. The van der Waals surface area contributed by atoms with Crippen molar-refractivity contribution in [1.82, 2.24) is 14.9 Å². The zero-order valence-corrected chi connectivity index (χ0v) is 9.47. The summed E-state index contributed by atoms with van der Waals surface area (Å²) in [5.74, 6) is 0.346. The molecule has 0 aliphatic heterocycles. The normalized spacial score (nSPS) is 9.00. The fourth-order valence-electron chi connectivity index (χ4n) is 0.674. The van der Waals surface area contributed by atoms with Gasteiger partial charge in [0.05, 0.1) is 6.34 Å². The van der Waals surface area contributed by atoms with Crippen LogP contribution in [0.5, 0.6) is 0 Å². The first-order valence-corrected chi connectivity index (χ1v) is 4.65. The van der Waals surface area contributed by atoms with Gasteiger partial charge in [-0.25, -0.2) is 15.0 Å². The molecule has 0 saturated heterocycles. The van der Waals surface area contributed by atoms with E-state index in [9.17, 15) is 0 Å². The Hall–Kier alpha value is -1.96. The van der Waals surface area contributed by atoms with Gasteiger partial charge in [-0.2, -0.15) is 5.26 Å². The first-order valence-electron chi connectivity index (χ1n) is 4.65. The molecule has 1 heterocycles. The van der Waals surface area contributed by atoms with E-state index in [-0.39, 0.29) is 5.69 Å². The SMILES string of the molecule is CC.CN(C)C=Nc1nccnc1C#N.